The maximum Gasteiger partial charge on any atom is 0.111 e. The van der Waals surface area contributed by atoms with Crippen molar-refractivity contribution in [2.75, 3.05) is 5.88 Å². The zero-order valence-electron chi connectivity index (χ0n) is 10.1. The number of para-hydroxylation sites is 1. The molecule has 17 heavy (non-hydrogen) atoms. The maximum absolute atomic E-state index is 5.87. The van der Waals surface area contributed by atoms with Crippen LogP contribution in [-0.4, -0.2) is 15.4 Å². The van der Waals surface area contributed by atoms with E-state index in [9.17, 15) is 0 Å². The van der Waals surface area contributed by atoms with E-state index in [1.807, 2.05) is 0 Å². The molecule has 0 N–H and O–H groups in total. The predicted octanol–water partition coefficient (Wildman–Crippen LogP) is 3.54. The van der Waals surface area contributed by atoms with Crippen LogP contribution in [0.25, 0.3) is 11.0 Å². The molecule has 0 atom stereocenters. The quantitative estimate of drug-likeness (QED) is 0.757. The van der Waals surface area contributed by atoms with E-state index in [1.54, 1.807) is 0 Å². The summed E-state index contributed by atoms with van der Waals surface area (Å²) in [6.07, 6.45) is 3.60. The van der Waals surface area contributed by atoms with Crippen LogP contribution in [0.3, 0.4) is 0 Å². The number of benzene rings is 1. The Morgan fingerprint density at radius 3 is 2.94 bits per heavy atom. The topological polar surface area (TPSA) is 17.8 Å². The predicted molar refractivity (Wildman–Crippen MR) is 71.6 cm³/mol. The molecule has 0 bridgehead atoms. The van der Waals surface area contributed by atoms with Crippen molar-refractivity contribution in [3.8, 4) is 0 Å². The minimum atomic E-state index is 0.646. The summed E-state index contributed by atoms with van der Waals surface area (Å²) in [5, 5.41) is 0. The van der Waals surface area contributed by atoms with Crippen LogP contribution in [0.4, 0.5) is 0 Å². The van der Waals surface area contributed by atoms with Gasteiger partial charge in [-0.2, -0.15) is 0 Å². The minimum Gasteiger partial charge on any atom is -0.327 e. The Morgan fingerprint density at radius 1 is 1.41 bits per heavy atom. The van der Waals surface area contributed by atoms with Crippen molar-refractivity contribution in [2.45, 2.75) is 32.7 Å². The molecule has 3 heteroatoms. The first-order valence-corrected chi connectivity index (χ1v) is 6.83. The lowest BCUT2D eigenvalue weighted by molar-refractivity contribution is 0.614. The Hall–Kier alpha value is -1.02. The van der Waals surface area contributed by atoms with Gasteiger partial charge in [-0.1, -0.05) is 12.1 Å². The van der Waals surface area contributed by atoms with Gasteiger partial charge in [0, 0.05) is 18.8 Å². The van der Waals surface area contributed by atoms with Crippen molar-refractivity contribution in [1.82, 2.24) is 9.55 Å². The summed E-state index contributed by atoms with van der Waals surface area (Å²) in [6.45, 7) is 3.28. The van der Waals surface area contributed by atoms with Gasteiger partial charge in [0.05, 0.1) is 11.0 Å². The van der Waals surface area contributed by atoms with Crippen molar-refractivity contribution < 1.29 is 0 Å². The second-order valence-electron chi connectivity index (χ2n) is 4.96. The third-order valence-electron chi connectivity index (χ3n) is 3.50. The normalized spacial score (nSPS) is 15.6. The number of rotatable bonds is 4. The third-order valence-corrected chi connectivity index (χ3v) is 3.69. The molecule has 1 saturated carbocycles. The van der Waals surface area contributed by atoms with Gasteiger partial charge in [-0.15, -0.1) is 11.6 Å². The van der Waals surface area contributed by atoms with Crippen LogP contribution in [0, 0.1) is 12.8 Å². The first kappa shape index (κ1) is 11.1. The summed E-state index contributed by atoms with van der Waals surface area (Å²) in [5.74, 6) is 2.66. The van der Waals surface area contributed by atoms with Crippen molar-refractivity contribution in [3.05, 3.63) is 29.6 Å². The number of hydrogen-bond donors (Lipinski definition) is 0. The first-order valence-electron chi connectivity index (χ1n) is 6.30. The van der Waals surface area contributed by atoms with E-state index >= 15 is 0 Å². The van der Waals surface area contributed by atoms with Gasteiger partial charge in [-0.3, -0.25) is 0 Å². The van der Waals surface area contributed by atoms with Gasteiger partial charge >= 0.3 is 0 Å². The molecule has 0 aliphatic heterocycles. The van der Waals surface area contributed by atoms with Gasteiger partial charge in [0.2, 0.25) is 0 Å². The molecule has 1 fully saturated rings. The highest BCUT2D eigenvalue weighted by atomic mass is 35.5. The minimum absolute atomic E-state index is 0.646. The van der Waals surface area contributed by atoms with Crippen LogP contribution in [0.5, 0.6) is 0 Å². The van der Waals surface area contributed by atoms with Gasteiger partial charge in [-0.25, -0.2) is 4.98 Å². The lowest BCUT2D eigenvalue weighted by atomic mass is 10.2. The fourth-order valence-corrected chi connectivity index (χ4v) is 2.61. The summed E-state index contributed by atoms with van der Waals surface area (Å²) in [5.41, 5.74) is 3.74. The largest absolute Gasteiger partial charge is 0.327 e. The van der Waals surface area contributed by atoms with Crippen LogP contribution in [0.15, 0.2) is 18.2 Å². The second kappa shape index (κ2) is 4.34. The third kappa shape index (κ3) is 2.06. The molecule has 0 saturated heterocycles. The van der Waals surface area contributed by atoms with Crippen molar-refractivity contribution in [1.29, 1.82) is 0 Å². The molecule has 1 aromatic carbocycles. The molecule has 0 unspecified atom stereocenters. The smallest absolute Gasteiger partial charge is 0.111 e. The fraction of sp³-hybridized carbons (Fsp3) is 0.500. The van der Waals surface area contributed by atoms with Gasteiger partial charge in [0.25, 0.3) is 0 Å². The number of nitrogens with zero attached hydrogens (tertiary/aromatic N) is 2. The molecular weight excluding hydrogens is 232 g/mol. The molecule has 2 nitrogen and oxygen atoms in total. The summed E-state index contributed by atoms with van der Waals surface area (Å²) in [4.78, 5) is 4.72. The Labute approximate surface area is 107 Å². The highest BCUT2D eigenvalue weighted by molar-refractivity contribution is 6.17. The number of aromatic nitrogens is 2. The molecule has 1 heterocycles. The van der Waals surface area contributed by atoms with Gasteiger partial charge in [0.1, 0.15) is 5.82 Å². The number of hydrogen-bond acceptors (Lipinski definition) is 1. The lowest BCUT2D eigenvalue weighted by Crippen LogP contribution is -2.06. The number of fused-ring (bicyclic) bond motifs is 1. The molecule has 3 rings (SSSR count). The Morgan fingerprint density at radius 2 is 2.24 bits per heavy atom. The van der Waals surface area contributed by atoms with Crippen LogP contribution in [-0.2, 0) is 13.0 Å². The standard InChI is InChI=1S/C14H17ClN2/c1-10-3-2-4-12-14(10)17(9-11-5-6-11)13(16-12)7-8-15/h2-4,11H,5-9H2,1H3. The van der Waals surface area contributed by atoms with Crippen LogP contribution >= 0.6 is 11.6 Å². The molecule has 0 spiro atoms. The van der Waals surface area contributed by atoms with Crippen molar-refractivity contribution in [2.24, 2.45) is 5.92 Å². The number of aryl methyl sites for hydroxylation is 2. The van der Waals surface area contributed by atoms with Gasteiger partial charge in [-0.05, 0) is 37.3 Å². The van der Waals surface area contributed by atoms with Gasteiger partial charge < -0.3 is 4.57 Å². The molecular formula is C14H17ClN2. The molecule has 1 aromatic heterocycles. The van der Waals surface area contributed by atoms with E-state index in [4.69, 9.17) is 16.6 Å². The lowest BCUT2D eigenvalue weighted by Gasteiger charge is -2.08. The maximum atomic E-state index is 5.87. The molecule has 90 valence electrons. The zero-order valence-corrected chi connectivity index (χ0v) is 10.9. The zero-order chi connectivity index (χ0) is 11.8. The summed E-state index contributed by atoms with van der Waals surface area (Å²) < 4.78 is 2.39. The molecule has 0 amide bonds. The van der Waals surface area contributed by atoms with Crippen LogP contribution in [0.2, 0.25) is 0 Å². The molecule has 1 aliphatic carbocycles. The Bertz CT molecular complexity index is 540. The van der Waals surface area contributed by atoms with Crippen LogP contribution < -0.4 is 0 Å². The number of alkyl halides is 1. The Kier molecular flexibility index (Phi) is 2.83. The van der Waals surface area contributed by atoms with E-state index in [1.165, 1.54) is 23.9 Å². The average molecular weight is 249 g/mol. The highest BCUT2D eigenvalue weighted by Crippen LogP contribution is 2.33. The second-order valence-corrected chi connectivity index (χ2v) is 5.34. The number of halogens is 1. The van der Waals surface area contributed by atoms with E-state index < -0.39 is 0 Å². The van der Waals surface area contributed by atoms with Crippen LogP contribution in [0.1, 0.15) is 24.2 Å². The van der Waals surface area contributed by atoms with E-state index in [-0.39, 0.29) is 0 Å². The molecule has 2 aromatic rings. The summed E-state index contributed by atoms with van der Waals surface area (Å²) >= 11 is 5.87. The molecule has 0 radical (unpaired) electrons. The van der Waals surface area contributed by atoms with E-state index in [0.29, 0.717) is 5.88 Å². The monoisotopic (exact) mass is 248 g/mol. The fourth-order valence-electron chi connectivity index (χ4n) is 2.44. The van der Waals surface area contributed by atoms with Crippen molar-refractivity contribution in [3.63, 3.8) is 0 Å². The highest BCUT2D eigenvalue weighted by Gasteiger charge is 2.24. The molecule has 1 aliphatic rings. The first-order chi connectivity index (χ1) is 8.29. The average Bonchev–Trinajstić information content (AvgIpc) is 3.04. The number of imidazole rings is 1. The summed E-state index contributed by atoms with van der Waals surface area (Å²) in [6, 6.07) is 6.35. The van der Waals surface area contributed by atoms with Gasteiger partial charge in [0.15, 0.2) is 0 Å². The van der Waals surface area contributed by atoms with E-state index in [2.05, 4.69) is 29.7 Å². The summed E-state index contributed by atoms with van der Waals surface area (Å²) in [7, 11) is 0. The SMILES string of the molecule is Cc1cccc2nc(CCCl)n(CC3CC3)c12. The van der Waals surface area contributed by atoms with Crippen molar-refractivity contribution >= 4 is 22.6 Å². The van der Waals surface area contributed by atoms with E-state index in [0.717, 1.165) is 30.2 Å². The Balaban J connectivity index is 2.13.